The number of hydrogen-bond donors (Lipinski definition) is 0. The molecule has 2 fully saturated rings. The van der Waals surface area contributed by atoms with Crippen molar-refractivity contribution in [2.24, 2.45) is 0 Å². The van der Waals surface area contributed by atoms with E-state index in [1.165, 1.54) is 19.8 Å². The number of piperidine rings is 1. The summed E-state index contributed by atoms with van der Waals surface area (Å²) >= 11 is 5.93. The van der Waals surface area contributed by atoms with Crippen LogP contribution in [-0.4, -0.2) is 48.7 Å². The largest absolute Gasteiger partial charge is 0.465 e. The van der Waals surface area contributed by atoms with Gasteiger partial charge in [0.1, 0.15) is 18.6 Å². The van der Waals surface area contributed by atoms with E-state index in [0.717, 1.165) is 18.4 Å². The molecule has 1 aromatic carbocycles. The van der Waals surface area contributed by atoms with E-state index in [1.54, 1.807) is 24.3 Å². The Morgan fingerprint density at radius 2 is 1.80 bits per heavy atom. The lowest BCUT2D eigenvalue weighted by Gasteiger charge is -2.36. The molecule has 136 valence electrons. The second-order valence-electron chi connectivity index (χ2n) is 6.99. The third-order valence-corrected chi connectivity index (χ3v) is 5.60. The molecule has 0 amide bonds. The lowest BCUT2D eigenvalue weighted by Crippen LogP contribution is -2.44. The Hall–Kier alpha value is -1.59. The van der Waals surface area contributed by atoms with Crippen molar-refractivity contribution in [2.45, 2.75) is 56.7 Å². The van der Waals surface area contributed by atoms with Crippen LogP contribution in [0.4, 0.5) is 0 Å². The van der Waals surface area contributed by atoms with Crippen molar-refractivity contribution in [1.29, 1.82) is 0 Å². The van der Waals surface area contributed by atoms with Crippen LogP contribution in [0.25, 0.3) is 0 Å². The van der Waals surface area contributed by atoms with E-state index in [9.17, 15) is 9.59 Å². The highest BCUT2D eigenvalue weighted by atomic mass is 35.5. The number of nitrogens with zero attached hydrogens (tertiary/aromatic N) is 1. The van der Waals surface area contributed by atoms with Gasteiger partial charge in [0.05, 0.1) is 0 Å². The van der Waals surface area contributed by atoms with E-state index in [0.29, 0.717) is 17.1 Å². The van der Waals surface area contributed by atoms with Crippen molar-refractivity contribution in [2.75, 3.05) is 13.7 Å². The molecule has 1 aromatic rings. The van der Waals surface area contributed by atoms with Gasteiger partial charge in [-0.2, -0.15) is 0 Å². The first-order valence-corrected chi connectivity index (χ1v) is 9.13. The van der Waals surface area contributed by atoms with E-state index in [-0.39, 0.29) is 18.7 Å². The minimum Gasteiger partial charge on any atom is -0.465 e. The van der Waals surface area contributed by atoms with Gasteiger partial charge >= 0.3 is 11.9 Å². The second kappa shape index (κ2) is 7.75. The molecule has 0 aromatic heterocycles. The maximum atomic E-state index is 12.8. The fourth-order valence-corrected chi connectivity index (χ4v) is 4.03. The number of hydrogen-bond acceptors (Lipinski definition) is 5. The molecule has 6 heteroatoms. The van der Waals surface area contributed by atoms with E-state index in [2.05, 4.69) is 11.9 Å². The Kier molecular flexibility index (Phi) is 5.64. The maximum absolute atomic E-state index is 12.8. The van der Waals surface area contributed by atoms with Gasteiger partial charge in [0.2, 0.25) is 0 Å². The molecule has 2 saturated heterocycles. The lowest BCUT2D eigenvalue weighted by molar-refractivity contribution is -0.157. The second-order valence-corrected chi connectivity index (χ2v) is 7.42. The quantitative estimate of drug-likeness (QED) is 0.750. The minimum atomic E-state index is -0.626. The van der Waals surface area contributed by atoms with Crippen LogP contribution in [0.15, 0.2) is 24.3 Å². The summed E-state index contributed by atoms with van der Waals surface area (Å²) in [4.78, 5) is 26.3. The molecular weight excluding hydrogens is 342 g/mol. The first-order chi connectivity index (χ1) is 11.9. The van der Waals surface area contributed by atoms with Gasteiger partial charge in [-0.25, -0.2) is 0 Å². The normalized spacial score (nSPS) is 26.9. The highest BCUT2D eigenvalue weighted by Gasteiger charge is 2.40. The van der Waals surface area contributed by atoms with Crippen LogP contribution >= 0.6 is 11.6 Å². The van der Waals surface area contributed by atoms with Crippen molar-refractivity contribution in [1.82, 2.24) is 4.90 Å². The van der Waals surface area contributed by atoms with Crippen LogP contribution in [0.5, 0.6) is 0 Å². The molecule has 1 unspecified atom stereocenters. The molecule has 3 rings (SSSR count). The molecule has 0 radical (unpaired) electrons. The number of benzene rings is 1. The summed E-state index contributed by atoms with van der Waals surface area (Å²) in [5, 5.41) is 0.593. The Labute approximate surface area is 153 Å². The van der Waals surface area contributed by atoms with Crippen molar-refractivity contribution in [3.8, 4) is 0 Å². The first kappa shape index (κ1) is 18.2. The van der Waals surface area contributed by atoms with Gasteiger partial charge < -0.3 is 14.4 Å². The van der Waals surface area contributed by atoms with Crippen LogP contribution in [-0.2, 0) is 19.1 Å². The van der Waals surface area contributed by atoms with Gasteiger partial charge in [0.25, 0.3) is 0 Å². The van der Waals surface area contributed by atoms with Crippen LogP contribution in [0.3, 0.4) is 0 Å². The van der Waals surface area contributed by atoms with Gasteiger partial charge in [0.15, 0.2) is 0 Å². The third kappa shape index (κ3) is 4.33. The Morgan fingerprint density at radius 3 is 2.36 bits per heavy atom. The molecule has 2 bridgehead atoms. The first-order valence-electron chi connectivity index (χ1n) is 8.75. The predicted octanol–water partition coefficient (Wildman–Crippen LogP) is 3.16. The highest BCUT2D eigenvalue weighted by Crippen LogP contribution is 2.36. The zero-order valence-corrected chi connectivity index (χ0v) is 15.4. The van der Waals surface area contributed by atoms with Crippen molar-refractivity contribution >= 4 is 23.5 Å². The fraction of sp³-hybridized carbons (Fsp3) is 0.579. The summed E-state index contributed by atoms with van der Waals surface area (Å²) in [7, 11) is 2.15. The summed E-state index contributed by atoms with van der Waals surface area (Å²) in [5.74, 6) is -1.37. The number of fused-ring (bicyclic) bond motifs is 2. The Morgan fingerprint density at radius 1 is 1.20 bits per heavy atom. The average Bonchev–Trinajstić information content (AvgIpc) is 2.78. The maximum Gasteiger partial charge on any atom is 0.317 e. The Bertz CT molecular complexity index is 619. The van der Waals surface area contributed by atoms with E-state index < -0.39 is 11.9 Å². The van der Waals surface area contributed by atoms with E-state index in [1.807, 2.05) is 0 Å². The molecule has 25 heavy (non-hydrogen) atoms. The molecular formula is C19H24ClNO4. The average molecular weight is 366 g/mol. The van der Waals surface area contributed by atoms with Gasteiger partial charge in [-0.15, -0.1) is 0 Å². The summed E-state index contributed by atoms with van der Waals surface area (Å²) < 4.78 is 10.9. The summed E-state index contributed by atoms with van der Waals surface area (Å²) in [5.41, 5.74) is 0.742. The molecule has 4 atom stereocenters. The van der Waals surface area contributed by atoms with Gasteiger partial charge in [0, 0.05) is 24.0 Å². The standard InChI is InChI=1S/C19H24ClNO4/c1-12(22)24-11-18(13-3-5-14(20)6-4-13)19(23)25-17-9-15-7-8-16(10-17)21(15)2/h3-6,15-18H,7-11H2,1-2H3/t15-,16+,17?,18-/m1/s1. The van der Waals surface area contributed by atoms with Crippen LogP contribution in [0.1, 0.15) is 44.1 Å². The van der Waals surface area contributed by atoms with Gasteiger partial charge in [-0.1, -0.05) is 23.7 Å². The number of esters is 2. The molecule has 2 aliphatic heterocycles. The lowest BCUT2D eigenvalue weighted by atomic mass is 9.98. The smallest absolute Gasteiger partial charge is 0.317 e. The number of rotatable bonds is 5. The fourth-order valence-electron chi connectivity index (χ4n) is 3.90. The van der Waals surface area contributed by atoms with Crippen LogP contribution in [0.2, 0.25) is 5.02 Å². The molecule has 2 aliphatic rings. The molecule has 0 N–H and O–H groups in total. The molecule has 0 aliphatic carbocycles. The minimum absolute atomic E-state index is 0.0186. The van der Waals surface area contributed by atoms with Crippen LogP contribution < -0.4 is 0 Å². The van der Waals surface area contributed by atoms with E-state index >= 15 is 0 Å². The highest BCUT2D eigenvalue weighted by molar-refractivity contribution is 6.30. The van der Waals surface area contributed by atoms with Crippen molar-refractivity contribution < 1.29 is 19.1 Å². The predicted molar refractivity (Wildman–Crippen MR) is 94.5 cm³/mol. The van der Waals surface area contributed by atoms with Gasteiger partial charge in [-0.05, 0) is 50.4 Å². The zero-order chi connectivity index (χ0) is 18.0. The SMILES string of the molecule is CC(=O)OC[C@@H](C(=O)OC1C[C@H]2CC[C@@H](C1)N2C)c1ccc(Cl)cc1. The molecule has 5 nitrogen and oxygen atoms in total. The van der Waals surface area contributed by atoms with E-state index in [4.69, 9.17) is 21.1 Å². The van der Waals surface area contributed by atoms with Crippen molar-refractivity contribution in [3.05, 3.63) is 34.9 Å². The number of halogens is 1. The number of ether oxygens (including phenoxy) is 2. The number of carbonyl (C=O) groups is 2. The zero-order valence-electron chi connectivity index (χ0n) is 14.6. The molecule has 0 spiro atoms. The molecule has 0 saturated carbocycles. The summed E-state index contributed by atoms with van der Waals surface area (Å²) in [6.45, 7) is 1.31. The summed E-state index contributed by atoms with van der Waals surface area (Å²) in [6.07, 6.45) is 4.03. The number of carbonyl (C=O) groups excluding carboxylic acids is 2. The monoisotopic (exact) mass is 365 g/mol. The topological polar surface area (TPSA) is 55.8 Å². The van der Waals surface area contributed by atoms with Crippen LogP contribution in [0, 0.1) is 0 Å². The van der Waals surface area contributed by atoms with Gasteiger partial charge in [-0.3, -0.25) is 9.59 Å². The third-order valence-electron chi connectivity index (χ3n) is 5.35. The summed E-state index contributed by atoms with van der Waals surface area (Å²) in [6, 6.07) is 7.99. The van der Waals surface area contributed by atoms with Crippen molar-refractivity contribution in [3.63, 3.8) is 0 Å². The Balaban J connectivity index is 1.68. The molecule has 2 heterocycles.